The van der Waals surface area contributed by atoms with E-state index >= 15 is 0 Å². The molecule has 1 unspecified atom stereocenters. The first-order valence-electron chi connectivity index (χ1n) is 9.38. The Balaban J connectivity index is 1.59. The van der Waals surface area contributed by atoms with Crippen LogP contribution >= 0.6 is 11.6 Å². The second-order valence-corrected chi connectivity index (χ2v) is 10.2. The molecule has 3 rings (SSSR count). The van der Waals surface area contributed by atoms with Crippen molar-refractivity contribution < 1.29 is 8.42 Å². The van der Waals surface area contributed by atoms with Gasteiger partial charge in [-0.15, -0.1) is 0 Å². The number of hydrogen-bond acceptors (Lipinski definition) is 5. The molecular weight excluding hydrogens is 386 g/mol. The SMILES string of the molecule is CCNC(=NCC1(CS(C)(=O)=O)CC1)NC1CCN(c2ncccc2Cl)C1. The fourth-order valence-electron chi connectivity index (χ4n) is 3.52. The number of hydrogen-bond donors (Lipinski definition) is 2. The normalized spacial score (nSPS) is 22.0. The molecule has 0 spiro atoms. The summed E-state index contributed by atoms with van der Waals surface area (Å²) in [5, 5.41) is 7.41. The Kier molecular flexibility index (Phi) is 6.15. The van der Waals surface area contributed by atoms with E-state index in [0.29, 0.717) is 11.6 Å². The molecule has 1 saturated carbocycles. The summed E-state index contributed by atoms with van der Waals surface area (Å²) in [6, 6.07) is 3.93. The molecule has 0 aromatic carbocycles. The van der Waals surface area contributed by atoms with E-state index < -0.39 is 9.84 Å². The third-order valence-corrected chi connectivity index (χ3v) is 6.44. The van der Waals surface area contributed by atoms with Gasteiger partial charge < -0.3 is 15.5 Å². The van der Waals surface area contributed by atoms with Gasteiger partial charge in [-0.3, -0.25) is 4.99 Å². The fourth-order valence-corrected chi connectivity index (χ4v) is 5.26. The monoisotopic (exact) mass is 413 g/mol. The number of halogens is 1. The number of nitrogens with zero attached hydrogens (tertiary/aromatic N) is 3. The molecule has 9 heteroatoms. The molecule has 0 bridgehead atoms. The van der Waals surface area contributed by atoms with Gasteiger partial charge >= 0.3 is 0 Å². The van der Waals surface area contributed by atoms with Crippen molar-refractivity contribution in [2.45, 2.75) is 32.2 Å². The number of pyridine rings is 1. The van der Waals surface area contributed by atoms with Gasteiger partial charge in [0.1, 0.15) is 15.7 Å². The second-order valence-electron chi connectivity index (χ2n) is 7.65. The van der Waals surface area contributed by atoms with Gasteiger partial charge in [-0.2, -0.15) is 0 Å². The van der Waals surface area contributed by atoms with Crippen molar-refractivity contribution in [2.24, 2.45) is 10.4 Å². The number of guanidine groups is 1. The van der Waals surface area contributed by atoms with Crippen LogP contribution in [0.2, 0.25) is 5.02 Å². The average molecular weight is 414 g/mol. The van der Waals surface area contributed by atoms with Gasteiger partial charge in [0.2, 0.25) is 0 Å². The van der Waals surface area contributed by atoms with Crippen molar-refractivity contribution in [1.82, 2.24) is 15.6 Å². The van der Waals surface area contributed by atoms with Gasteiger partial charge in [0, 0.05) is 50.1 Å². The molecule has 1 atom stereocenters. The quantitative estimate of drug-likeness (QED) is 0.522. The highest BCUT2D eigenvalue weighted by Crippen LogP contribution is 2.46. The van der Waals surface area contributed by atoms with Gasteiger partial charge in [-0.25, -0.2) is 13.4 Å². The smallest absolute Gasteiger partial charge is 0.191 e. The highest BCUT2D eigenvalue weighted by atomic mass is 35.5. The molecular formula is C18H28ClN5O2S. The molecule has 27 heavy (non-hydrogen) atoms. The molecule has 150 valence electrons. The van der Waals surface area contributed by atoms with E-state index in [-0.39, 0.29) is 17.2 Å². The predicted molar refractivity (Wildman–Crippen MR) is 110 cm³/mol. The summed E-state index contributed by atoms with van der Waals surface area (Å²) in [6.45, 7) is 5.00. The van der Waals surface area contributed by atoms with Gasteiger partial charge in [0.25, 0.3) is 0 Å². The largest absolute Gasteiger partial charge is 0.357 e. The van der Waals surface area contributed by atoms with Crippen LogP contribution in [-0.2, 0) is 9.84 Å². The average Bonchev–Trinajstić information content (AvgIpc) is 3.18. The van der Waals surface area contributed by atoms with E-state index in [4.69, 9.17) is 11.6 Å². The number of anilines is 1. The van der Waals surface area contributed by atoms with Crippen LogP contribution in [0.5, 0.6) is 0 Å². The molecule has 2 fully saturated rings. The van der Waals surface area contributed by atoms with E-state index in [2.05, 4.69) is 25.5 Å². The predicted octanol–water partition coefficient (Wildman–Crippen LogP) is 1.69. The molecule has 1 aliphatic carbocycles. The molecule has 2 N–H and O–H groups in total. The lowest BCUT2D eigenvalue weighted by atomic mass is 10.1. The van der Waals surface area contributed by atoms with Crippen molar-refractivity contribution in [1.29, 1.82) is 0 Å². The van der Waals surface area contributed by atoms with E-state index in [9.17, 15) is 8.42 Å². The zero-order chi connectivity index (χ0) is 19.5. The summed E-state index contributed by atoms with van der Waals surface area (Å²) in [5.74, 6) is 1.78. The van der Waals surface area contributed by atoms with Gasteiger partial charge in [0.05, 0.1) is 10.8 Å². The molecule has 1 aromatic heterocycles. The van der Waals surface area contributed by atoms with Gasteiger partial charge in [-0.05, 0) is 38.3 Å². The Morgan fingerprint density at radius 1 is 1.48 bits per heavy atom. The first-order chi connectivity index (χ1) is 12.8. The minimum Gasteiger partial charge on any atom is -0.357 e. The fraction of sp³-hybridized carbons (Fsp3) is 0.667. The lowest BCUT2D eigenvalue weighted by Crippen LogP contribution is -2.45. The van der Waals surface area contributed by atoms with Crippen LogP contribution in [0.25, 0.3) is 0 Å². The minimum absolute atomic E-state index is 0.168. The number of aliphatic imine (C=N–C) groups is 1. The summed E-state index contributed by atoms with van der Waals surface area (Å²) in [6.07, 6.45) is 5.88. The number of aromatic nitrogens is 1. The molecule has 0 radical (unpaired) electrons. The third kappa shape index (κ3) is 5.72. The van der Waals surface area contributed by atoms with Crippen molar-refractivity contribution >= 4 is 33.2 Å². The van der Waals surface area contributed by atoms with E-state index in [1.807, 2.05) is 19.1 Å². The molecule has 7 nitrogen and oxygen atoms in total. The van der Waals surface area contributed by atoms with Crippen molar-refractivity contribution in [2.75, 3.05) is 43.1 Å². The lowest BCUT2D eigenvalue weighted by Gasteiger charge is -2.21. The van der Waals surface area contributed by atoms with Crippen molar-refractivity contribution in [3.8, 4) is 0 Å². The summed E-state index contributed by atoms with van der Waals surface area (Å²) in [7, 11) is -2.98. The van der Waals surface area contributed by atoms with E-state index in [1.165, 1.54) is 6.26 Å². The summed E-state index contributed by atoms with van der Waals surface area (Å²) in [4.78, 5) is 11.2. The molecule has 1 saturated heterocycles. The molecule has 2 heterocycles. The van der Waals surface area contributed by atoms with Gasteiger partial charge in [-0.1, -0.05) is 11.6 Å². The highest BCUT2D eigenvalue weighted by Gasteiger charge is 2.45. The minimum atomic E-state index is -2.98. The highest BCUT2D eigenvalue weighted by molar-refractivity contribution is 7.90. The van der Waals surface area contributed by atoms with Crippen molar-refractivity contribution in [3.63, 3.8) is 0 Å². The Bertz CT molecular complexity index is 795. The topological polar surface area (TPSA) is 86.7 Å². The van der Waals surface area contributed by atoms with Crippen LogP contribution in [-0.4, -0.2) is 63.6 Å². The molecule has 2 aliphatic rings. The summed E-state index contributed by atoms with van der Waals surface area (Å²) >= 11 is 6.26. The number of sulfone groups is 1. The van der Waals surface area contributed by atoms with Crippen LogP contribution in [0.3, 0.4) is 0 Å². The van der Waals surface area contributed by atoms with Gasteiger partial charge in [0.15, 0.2) is 5.96 Å². The first kappa shape index (κ1) is 20.2. The van der Waals surface area contributed by atoms with Crippen molar-refractivity contribution in [3.05, 3.63) is 23.4 Å². The Labute approximate surface area is 166 Å². The van der Waals surface area contributed by atoms with Crippen LogP contribution in [0.1, 0.15) is 26.2 Å². The third-order valence-electron chi connectivity index (χ3n) is 5.01. The maximum absolute atomic E-state index is 11.6. The second kappa shape index (κ2) is 8.22. The summed E-state index contributed by atoms with van der Waals surface area (Å²) in [5.41, 5.74) is -0.168. The van der Waals surface area contributed by atoms with Crippen LogP contribution in [0, 0.1) is 5.41 Å². The standard InChI is InChI=1S/C18H28ClN5O2S/c1-3-20-17(22-12-18(7-8-18)13-27(2,25)26)23-14-6-10-24(11-14)16-15(19)5-4-9-21-16/h4-5,9,14H,3,6-8,10-13H2,1-2H3,(H2,20,22,23). The summed E-state index contributed by atoms with van der Waals surface area (Å²) < 4.78 is 23.3. The Morgan fingerprint density at radius 3 is 2.89 bits per heavy atom. The van der Waals surface area contributed by atoms with E-state index in [1.54, 1.807) is 6.20 Å². The molecule has 1 aromatic rings. The number of rotatable bonds is 7. The Hall–Kier alpha value is -1.54. The first-order valence-corrected chi connectivity index (χ1v) is 11.8. The van der Waals surface area contributed by atoms with E-state index in [0.717, 1.165) is 50.7 Å². The molecule has 0 amide bonds. The maximum Gasteiger partial charge on any atom is 0.191 e. The zero-order valence-corrected chi connectivity index (χ0v) is 17.5. The van der Waals surface area contributed by atoms with Crippen LogP contribution in [0.15, 0.2) is 23.3 Å². The Morgan fingerprint density at radius 2 is 2.26 bits per heavy atom. The number of nitrogens with one attached hydrogen (secondary N) is 2. The lowest BCUT2D eigenvalue weighted by molar-refractivity contribution is 0.548. The zero-order valence-electron chi connectivity index (χ0n) is 15.9. The van der Waals surface area contributed by atoms with Crippen LogP contribution in [0.4, 0.5) is 5.82 Å². The van der Waals surface area contributed by atoms with Crippen LogP contribution < -0.4 is 15.5 Å². The molecule has 1 aliphatic heterocycles. The maximum atomic E-state index is 11.6.